The molecule has 0 aliphatic carbocycles. The number of piperidine rings is 1. The number of hydrogen-bond acceptors (Lipinski definition) is 3. The zero-order valence-electron chi connectivity index (χ0n) is 9.21. The molecule has 2 fully saturated rings. The second-order valence-electron chi connectivity index (χ2n) is 4.33. The summed E-state index contributed by atoms with van der Waals surface area (Å²) in [5.41, 5.74) is 0. The van der Waals surface area contributed by atoms with Gasteiger partial charge in [0.2, 0.25) is 5.91 Å². The highest BCUT2D eigenvalue weighted by molar-refractivity contribution is 5.79. The minimum atomic E-state index is 0.205. The fourth-order valence-electron chi connectivity index (χ4n) is 2.29. The number of rotatable bonds is 1. The van der Waals surface area contributed by atoms with E-state index in [4.69, 9.17) is 4.74 Å². The van der Waals surface area contributed by atoms with E-state index in [0.717, 1.165) is 52.0 Å². The van der Waals surface area contributed by atoms with Gasteiger partial charge in [-0.2, -0.15) is 0 Å². The molecule has 15 heavy (non-hydrogen) atoms. The molecule has 1 N–H and O–H groups in total. The van der Waals surface area contributed by atoms with Crippen LogP contribution >= 0.6 is 0 Å². The molecule has 0 aromatic heterocycles. The van der Waals surface area contributed by atoms with Crippen molar-refractivity contribution in [2.75, 3.05) is 39.4 Å². The molecule has 2 rings (SSSR count). The quantitative estimate of drug-likeness (QED) is 0.677. The summed E-state index contributed by atoms with van der Waals surface area (Å²) in [4.78, 5) is 14.1. The topological polar surface area (TPSA) is 41.6 Å². The zero-order chi connectivity index (χ0) is 10.5. The van der Waals surface area contributed by atoms with Gasteiger partial charge in [0.25, 0.3) is 0 Å². The Morgan fingerprint density at radius 3 is 3.00 bits per heavy atom. The van der Waals surface area contributed by atoms with Gasteiger partial charge in [0.1, 0.15) is 0 Å². The highest BCUT2D eigenvalue weighted by atomic mass is 16.5. The van der Waals surface area contributed by atoms with Crippen LogP contribution in [0.3, 0.4) is 0 Å². The van der Waals surface area contributed by atoms with Crippen molar-refractivity contribution in [3.8, 4) is 0 Å². The van der Waals surface area contributed by atoms with Crippen LogP contribution in [0, 0.1) is 5.92 Å². The molecular weight excluding hydrogens is 192 g/mol. The Morgan fingerprint density at radius 1 is 1.27 bits per heavy atom. The van der Waals surface area contributed by atoms with Crippen molar-refractivity contribution >= 4 is 5.91 Å². The molecule has 2 aliphatic heterocycles. The fourth-order valence-corrected chi connectivity index (χ4v) is 2.29. The summed E-state index contributed by atoms with van der Waals surface area (Å²) >= 11 is 0. The van der Waals surface area contributed by atoms with Crippen LogP contribution in [0.2, 0.25) is 0 Å². The van der Waals surface area contributed by atoms with Gasteiger partial charge in [-0.1, -0.05) is 0 Å². The van der Waals surface area contributed by atoms with E-state index in [0.29, 0.717) is 12.5 Å². The standard InChI is InChI=1S/C11H20N2O2/c14-11(10-3-1-4-12-9-10)13-5-2-7-15-8-6-13/h10,12H,1-9H2/t10-/m0/s1. The Bertz CT molecular complexity index is 207. The third-order valence-corrected chi connectivity index (χ3v) is 3.18. The van der Waals surface area contributed by atoms with E-state index < -0.39 is 0 Å². The Labute approximate surface area is 91.0 Å². The van der Waals surface area contributed by atoms with Crippen molar-refractivity contribution < 1.29 is 9.53 Å². The Hall–Kier alpha value is -0.610. The zero-order valence-corrected chi connectivity index (χ0v) is 9.21. The number of ether oxygens (including phenoxy) is 1. The van der Waals surface area contributed by atoms with Crippen LogP contribution in [-0.2, 0) is 9.53 Å². The molecule has 4 nitrogen and oxygen atoms in total. The molecule has 86 valence electrons. The summed E-state index contributed by atoms with van der Waals surface area (Å²) in [6.07, 6.45) is 3.15. The first-order chi connectivity index (χ1) is 7.38. The molecule has 0 aromatic carbocycles. The van der Waals surface area contributed by atoms with Gasteiger partial charge in [0, 0.05) is 26.2 Å². The molecule has 0 bridgehead atoms. The first-order valence-electron chi connectivity index (χ1n) is 5.95. The van der Waals surface area contributed by atoms with Crippen molar-refractivity contribution in [1.29, 1.82) is 0 Å². The van der Waals surface area contributed by atoms with Crippen molar-refractivity contribution in [1.82, 2.24) is 10.2 Å². The van der Waals surface area contributed by atoms with Crippen LogP contribution in [0.1, 0.15) is 19.3 Å². The monoisotopic (exact) mass is 212 g/mol. The Balaban J connectivity index is 1.87. The van der Waals surface area contributed by atoms with Gasteiger partial charge in [-0.15, -0.1) is 0 Å². The van der Waals surface area contributed by atoms with Gasteiger partial charge in [-0.3, -0.25) is 4.79 Å². The predicted molar refractivity (Wildman–Crippen MR) is 57.6 cm³/mol. The second kappa shape index (κ2) is 5.47. The second-order valence-corrected chi connectivity index (χ2v) is 4.33. The molecule has 1 amide bonds. The van der Waals surface area contributed by atoms with Gasteiger partial charge in [0.15, 0.2) is 0 Å². The third-order valence-electron chi connectivity index (χ3n) is 3.18. The summed E-state index contributed by atoms with van der Waals surface area (Å²) in [5, 5.41) is 3.29. The Morgan fingerprint density at radius 2 is 2.20 bits per heavy atom. The molecule has 2 heterocycles. The predicted octanol–water partition coefficient (Wildman–Crippen LogP) is 0.235. The molecule has 2 saturated heterocycles. The maximum absolute atomic E-state index is 12.1. The first kappa shape index (κ1) is 10.9. The van der Waals surface area contributed by atoms with Crippen LogP contribution in [0.4, 0.5) is 0 Å². The van der Waals surface area contributed by atoms with Crippen LogP contribution in [-0.4, -0.2) is 50.2 Å². The average Bonchev–Trinajstić information content (AvgIpc) is 2.58. The first-order valence-corrected chi connectivity index (χ1v) is 5.95. The van der Waals surface area contributed by atoms with Crippen LogP contribution in [0.5, 0.6) is 0 Å². The summed E-state index contributed by atoms with van der Waals surface area (Å²) < 4.78 is 5.35. The lowest BCUT2D eigenvalue weighted by molar-refractivity contribution is -0.136. The highest BCUT2D eigenvalue weighted by Crippen LogP contribution is 2.14. The number of carbonyl (C=O) groups excluding carboxylic acids is 1. The van der Waals surface area contributed by atoms with Crippen molar-refractivity contribution in [2.45, 2.75) is 19.3 Å². The third kappa shape index (κ3) is 2.92. The number of hydrogen-bond donors (Lipinski definition) is 1. The smallest absolute Gasteiger partial charge is 0.227 e. The normalized spacial score (nSPS) is 28.5. The Kier molecular flexibility index (Phi) is 3.97. The summed E-state index contributed by atoms with van der Waals surface area (Å²) in [6.45, 7) is 5.06. The SMILES string of the molecule is O=C([C@H]1CCCNC1)N1CCCOCC1. The van der Waals surface area contributed by atoms with Gasteiger partial charge in [0.05, 0.1) is 12.5 Å². The molecule has 2 aliphatic rings. The van der Waals surface area contributed by atoms with E-state index in [9.17, 15) is 4.79 Å². The van der Waals surface area contributed by atoms with Gasteiger partial charge in [-0.05, 0) is 25.8 Å². The van der Waals surface area contributed by atoms with Crippen molar-refractivity contribution in [2.24, 2.45) is 5.92 Å². The van der Waals surface area contributed by atoms with Crippen LogP contribution in [0.15, 0.2) is 0 Å². The molecule has 0 aromatic rings. The number of nitrogens with one attached hydrogen (secondary N) is 1. The number of amides is 1. The largest absolute Gasteiger partial charge is 0.380 e. The van der Waals surface area contributed by atoms with Crippen LogP contribution in [0.25, 0.3) is 0 Å². The lowest BCUT2D eigenvalue weighted by Crippen LogP contribution is -2.43. The number of carbonyl (C=O) groups is 1. The van der Waals surface area contributed by atoms with Crippen molar-refractivity contribution in [3.05, 3.63) is 0 Å². The van der Waals surface area contributed by atoms with E-state index in [1.807, 2.05) is 4.90 Å². The van der Waals surface area contributed by atoms with E-state index in [2.05, 4.69) is 5.32 Å². The fraction of sp³-hybridized carbons (Fsp3) is 0.909. The minimum Gasteiger partial charge on any atom is -0.380 e. The molecule has 0 radical (unpaired) electrons. The molecule has 4 heteroatoms. The van der Waals surface area contributed by atoms with Crippen molar-refractivity contribution in [3.63, 3.8) is 0 Å². The van der Waals surface area contributed by atoms with Gasteiger partial charge >= 0.3 is 0 Å². The molecule has 0 unspecified atom stereocenters. The highest BCUT2D eigenvalue weighted by Gasteiger charge is 2.26. The number of nitrogens with zero attached hydrogens (tertiary/aromatic N) is 1. The molecule has 0 spiro atoms. The maximum Gasteiger partial charge on any atom is 0.227 e. The molecular formula is C11H20N2O2. The molecule has 1 atom stereocenters. The summed E-state index contributed by atoms with van der Waals surface area (Å²) in [7, 11) is 0. The van der Waals surface area contributed by atoms with E-state index in [-0.39, 0.29) is 5.92 Å². The van der Waals surface area contributed by atoms with E-state index in [1.54, 1.807) is 0 Å². The summed E-state index contributed by atoms with van der Waals surface area (Å²) in [6, 6.07) is 0. The average molecular weight is 212 g/mol. The van der Waals surface area contributed by atoms with E-state index >= 15 is 0 Å². The molecule has 0 saturated carbocycles. The van der Waals surface area contributed by atoms with Crippen LogP contribution < -0.4 is 5.32 Å². The summed E-state index contributed by atoms with van der Waals surface area (Å²) in [5.74, 6) is 0.532. The lowest BCUT2D eigenvalue weighted by Gasteiger charge is -2.28. The van der Waals surface area contributed by atoms with Gasteiger partial charge < -0.3 is 15.0 Å². The minimum absolute atomic E-state index is 0.205. The maximum atomic E-state index is 12.1. The van der Waals surface area contributed by atoms with E-state index in [1.165, 1.54) is 0 Å². The lowest BCUT2D eigenvalue weighted by atomic mass is 9.98. The van der Waals surface area contributed by atoms with Gasteiger partial charge in [-0.25, -0.2) is 0 Å².